The molecule has 2 atom stereocenters. The van der Waals surface area contributed by atoms with Crippen molar-refractivity contribution < 1.29 is 9.32 Å². The summed E-state index contributed by atoms with van der Waals surface area (Å²) in [4.78, 5) is 0. The fraction of sp³-hybridized carbons (Fsp3) is 0.333. The van der Waals surface area contributed by atoms with Gasteiger partial charge in [0.25, 0.3) is 0 Å². The Morgan fingerprint density at radius 3 is 1.92 bits per heavy atom. The van der Waals surface area contributed by atoms with Crippen molar-refractivity contribution in [1.29, 1.82) is 0 Å². The van der Waals surface area contributed by atoms with Crippen molar-refractivity contribution in [2.75, 3.05) is 0 Å². The van der Waals surface area contributed by atoms with Crippen LogP contribution in [0.15, 0.2) is 54.6 Å². The van der Waals surface area contributed by atoms with Crippen LogP contribution in [0.4, 0.5) is 0 Å². The highest BCUT2D eigenvalue weighted by molar-refractivity contribution is 7.86. The summed E-state index contributed by atoms with van der Waals surface area (Å²) in [6.45, 7) is 0. The highest BCUT2D eigenvalue weighted by Gasteiger charge is 2.49. The third-order valence-corrected chi connectivity index (χ3v) is 7.95. The van der Waals surface area contributed by atoms with E-state index in [0.29, 0.717) is 12.8 Å². The Hall–Kier alpha value is -1.71. The smallest absolute Gasteiger partial charge is 0.0931 e. The summed E-state index contributed by atoms with van der Waals surface area (Å²) in [5, 5.41) is 16.6. The van der Waals surface area contributed by atoms with Crippen LogP contribution in [0.5, 0.6) is 0 Å². The van der Waals surface area contributed by atoms with Crippen molar-refractivity contribution in [3.8, 4) is 0 Å². The quantitative estimate of drug-likeness (QED) is 0.674. The van der Waals surface area contributed by atoms with Gasteiger partial charge in [-0.2, -0.15) is 0 Å². The standard InChI is InChI=1S/C21H20O2S/c22-21(12-16-9-10-17(13-21)24(16)23)20-18-7-3-1-5-14(18)11-15-6-2-4-8-19(15)20/h1-8,11,16-17,22H,9-10,12-13H2. The van der Waals surface area contributed by atoms with Gasteiger partial charge in [-0.25, -0.2) is 0 Å². The van der Waals surface area contributed by atoms with Gasteiger partial charge in [-0.15, -0.1) is 0 Å². The summed E-state index contributed by atoms with van der Waals surface area (Å²) in [5.41, 5.74) is 0.171. The number of fused-ring (bicyclic) bond motifs is 4. The largest absolute Gasteiger partial charge is 0.385 e. The Balaban J connectivity index is 1.82. The molecule has 2 heterocycles. The zero-order valence-corrected chi connectivity index (χ0v) is 14.3. The molecule has 2 unspecified atom stereocenters. The second-order valence-corrected chi connectivity index (χ2v) is 9.27. The molecular weight excluding hydrogens is 316 g/mol. The van der Waals surface area contributed by atoms with Gasteiger partial charge in [0.2, 0.25) is 0 Å². The predicted molar refractivity (Wildman–Crippen MR) is 99.5 cm³/mol. The number of hydrogen-bond donors (Lipinski definition) is 1. The van der Waals surface area contributed by atoms with Crippen molar-refractivity contribution in [3.63, 3.8) is 0 Å². The Bertz CT molecular complexity index is 908. The molecule has 5 rings (SSSR count). The highest BCUT2D eigenvalue weighted by atomic mass is 32.2. The third-order valence-electron chi connectivity index (χ3n) is 5.84. The van der Waals surface area contributed by atoms with Crippen molar-refractivity contribution in [2.45, 2.75) is 41.8 Å². The van der Waals surface area contributed by atoms with E-state index in [1.807, 2.05) is 24.3 Å². The Kier molecular flexibility index (Phi) is 3.13. The lowest BCUT2D eigenvalue weighted by molar-refractivity contribution is 0.0213. The second-order valence-electron chi connectivity index (χ2n) is 7.28. The molecule has 0 aromatic heterocycles. The van der Waals surface area contributed by atoms with Crippen LogP contribution in [0, 0.1) is 0 Å². The predicted octanol–water partition coefficient (Wildman–Crippen LogP) is 4.25. The van der Waals surface area contributed by atoms with Crippen molar-refractivity contribution in [1.82, 2.24) is 0 Å². The van der Waals surface area contributed by atoms with Gasteiger partial charge in [0.05, 0.1) is 5.60 Å². The monoisotopic (exact) mass is 336 g/mol. The fourth-order valence-electron chi connectivity index (χ4n) is 4.80. The fourth-order valence-corrected chi connectivity index (χ4v) is 6.96. The van der Waals surface area contributed by atoms with E-state index < -0.39 is 16.4 Å². The van der Waals surface area contributed by atoms with Crippen molar-refractivity contribution >= 4 is 32.3 Å². The van der Waals surface area contributed by atoms with Crippen LogP contribution in [0.1, 0.15) is 31.2 Å². The van der Waals surface area contributed by atoms with Crippen LogP contribution >= 0.6 is 0 Å². The maximum atomic E-state index is 12.4. The average Bonchev–Trinajstić information content (AvgIpc) is 2.82. The molecule has 0 spiro atoms. The van der Waals surface area contributed by atoms with Gasteiger partial charge in [0, 0.05) is 21.3 Å². The number of aliphatic hydroxyl groups is 1. The van der Waals surface area contributed by atoms with E-state index >= 15 is 0 Å². The Morgan fingerprint density at radius 2 is 1.38 bits per heavy atom. The molecule has 2 fully saturated rings. The van der Waals surface area contributed by atoms with E-state index in [1.165, 1.54) is 10.8 Å². The molecule has 0 saturated carbocycles. The minimum atomic E-state index is -0.875. The van der Waals surface area contributed by atoms with Crippen LogP contribution in [-0.2, 0) is 16.4 Å². The lowest BCUT2D eigenvalue weighted by Gasteiger charge is -2.37. The number of benzene rings is 3. The van der Waals surface area contributed by atoms with E-state index in [9.17, 15) is 9.32 Å². The summed E-state index contributed by atoms with van der Waals surface area (Å²) in [7, 11) is -0.766. The van der Waals surface area contributed by atoms with Crippen molar-refractivity contribution in [3.05, 3.63) is 60.2 Å². The SMILES string of the molecule is O=S1C2CCC1CC(O)(c1c3ccccc3cc3ccccc13)C2. The molecule has 0 aliphatic carbocycles. The molecule has 2 aliphatic rings. The van der Waals surface area contributed by atoms with Crippen LogP contribution < -0.4 is 0 Å². The van der Waals surface area contributed by atoms with Gasteiger partial charge in [-0.05, 0) is 58.9 Å². The van der Waals surface area contributed by atoms with Gasteiger partial charge in [-0.3, -0.25) is 4.21 Å². The molecule has 2 bridgehead atoms. The van der Waals surface area contributed by atoms with Crippen LogP contribution in [-0.4, -0.2) is 19.8 Å². The molecule has 0 radical (unpaired) electrons. The molecule has 2 aliphatic heterocycles. The molecule has 0 amide bonds. The van der Waals surface area contributed by atoms with Gasteiger partial charge >= 0.3 is 0 Å². The molecule has 3 aromatic carbocycles. The summed E-state index contributed by atoms with van der Waals surface area (Å²) < 4.78 is 12.4. The number of hydrogen-bond acceptors (Lipinski definition) is 2. The lowest BCUT2D eigenvalue weighted by Crippen LogP contribution is -2.40. The molecule has 3 aromatic rings. The molecule has 122 valence electrons. The maximum Gasteiger partial charge on any atom is 0.0931 e. The zero-order chi connectivity index (χ0) is 16.3. The molecule has 1 N–H and O–H groups in total. The van der Waals surface area contributed by atoms with E-state index in [4.69, 9.17) is 0 Å². The topological polar surface area (TPSA) is 37.3 Å². The third kappa shape index (κ3) is 2.01. The van der Waals surface area contributed by atoms with Gasteiger partial charge < -0.3 is 5.11 Å². The molecule has 3 heteroatoms. The van der Waals surface area contributed by atoms with Gasteiger partial charge in [0.15, 0.2) is 0 Å². The molecule has 2 nitrogen and oxygen atoms in total. The van der Waals surface area contributed by atoms with E-state index in [-0.39, 0.29) is 10.5 Å². The van der Waals surface area contributed by atoms with Crippen LogP contribution in [0.2, 0.25) is 0 Å². The van der Waals surface area contributed by atoms with Crippen LogP contribution in [0.3, 0.4) is 0 Å². The molecule has 2 saturated heterocycles. The summed E-state index contributed by atoms with van der Waals surface area (Å²) in [6.07, 6.45) is 3.22. The summed E-state index contributed by atoms with van der Waals surface area (Å²) >= 11 is 0. The average molecular weight is 336 g/mol. The van der Waals surface area contributed by atoms with E-state index in [1.54, 1.807) is 0 Å². The van der Waals surface area contributed by atoms with Crippen LogP contribution in [0.25, 0.3) is 21.5 Å². The minimum Gasteiger partial charge on any atom is -0.385 e. The molecular formula is C21H20O2S. The minimum absolute atomic E-state index is 0.145. The first-order chi connectivity index (χ1) is 11.7. The van der Waals surface area contributed by atoms with Gasteiger partial charge in [-0.1, -0.05) is 48.5 Å². The summed E-state index contributed by atoms with van der Waals surface area (Å²) in [5.74, 6) is 0. The van der Waals surface area contributed by atoms with Crippen molar-refractivity contribution in [2.24, 2.45) is 0 Å². The van der Waals surface area contributed by atoms with E-state index in [0.717, 1.165) is 29.2 Å². The normalized spacial score (nSPS) is 32.5. The lowest BCUT2D eigenvalue weighted by atomic mass is 9.80. The first-order valence-electron chi connectivity index (χ1n) is 8.68. The molecule has 24 heavy (non-hydrogen) atoms. The van der Waals surface area contributed by atoms with E-state index in [2.05, 4.69) is 30.3 Å². The second kappa shape index (κ2) is 5.14. The first-order valence-corrected chi connectivity index (χ1v) is 9.96. The number of rotatable bonds is 1. The Morgan fingerprint density at radius 1 is 0.875 bits per heavy atom. The zero-order valence-electron chi connectivity index (χ0n) is 13.4. The highest BCUT2D eigenvalue weighted by Crippen LogP contribution is 2.49. The summed E-state index contributed by atoms with van der Waals surface area (Å²) in [6, 6.07) is 18.8. The van der Waals surface area contributed by atoms with Gasteiger partial charge in [0.1, 0.15) is 0 Å². The maximum absolute atomic E-state index is 12.4. The first kappa shape index (κ1) is 14.6. The Labute approximate surface area is 144 Å².